The molecule has 0 saturated heterocycles. The van der Waals surface area contributed by atoms with E-state index in [0.717, 1.165) is 54.7 Å². The number of alkyl halides is 2. The van der Waals surface area contributed by atoms with Crippen molar-refractivity contribution in [2.75, 3.05) is 25.0 Å². The number of unbranched alkanes of at least 4 members (excludes halogenated alkanes) is 1. The lowest BCUT2D eigenvalue weighted by atomic mass is 9.76. The molecule has 1 aliphatic rings. The van der Waals surface area contributed by atoms with Crippen LogP contribution in [-0.2, 0) is 11.2 Å². The molecule has 1 aliphatic carbocycles. The van der Waals surface area contributed by atoms with Gasteiger partial charge >= 0.3 is 0 Å². The molecule has 0 aliphatic heterocycles. The number of hydrogen-bond donors (Lipinski definition) is 0. The Labute approximate surface area is 229 Å². The molecule has 4 nitrogen and oxygen atoms in total. The molecule has 6 heteroatoms. The monoisotopic (exact) mass is 527 g/mol. The van der Waals surface area contributed by atoms with E-state index in [0.29, 0.717) is 31.4 Å². The van der Waals surface area contributed by atoms with Crippen LogP contribution in [-0.4, -0.2) is 37.4 Å². The summed E-state index contributed by atoms with van der Waals surface area (Å²) in [7, 11) is 1.99. The number of nitriles is 1. The number of anilines is 1. The summed E-state index contributed by atoms with van der Waals surface area (Å²) in [5, 5.41) is 8.75. The van der Waals surface area contributed by atoms with E-state index in [9.17, 15) is 13.6 Å². The molecule has 38 heavy (non-hydrogen) atoms. The van der Waals surface area contributed by atoms with E-state index in [4.69, 9.17) is 5.26 Å². The van der Waals surface area contributed by atoms with Crippen LogP contribution in [0.5, 0.6) is 0 Å². The van der Waals surface area contributed by atoms with Crippen molar-refractivity contribution >= 4 is 12.1 Å². The summed E-state index contributed by atoms with van der Waals surface area (Å²) in [5.41, 5.74) is 4.70. The van der Waals surface area contributed by atoms with Crippen molar-refractivity contribution in [3.05, 3.63) is 65.4 Å². The first-order chi connectivity index (χ1) is 18.1. The van der Waals surface area contributed by atoms with E-state index in [2.05, 4.69) is 31.4 Å². The predicted octanol–water partition coefficient (Wildman–Crippen LogP) is 8.32. The first-order valence-electron chi connectivity index (χ1n) is 13.9. The molecule has 1 fully saturated rings. The number of rotatable bonds is 12. The maximum absolute atomic E-state index is 14.1. The number of allylic oxidation sites excluding steroid dienone is 4. The zero-order valence-corrected chi connectivity index (χ0v) is 24.3. The first kappa shape index (κ1) is 33.1. The Morgan fingerprint density at radius 2 is 1.95 bits per heavy atom. The van der Waals surface area contributed by atoms with E-state index < -0.39 is 11.8 Å². The van der Waals surface area contributed by atoms with Crippen LogP contribution >= 0.6 is 0 Å². The van der Waals surface area contributed by atoms with Crippen molar-refractivity contribution in [1.82, 2.24) is 4.90 Å². The zero-order chi connectivity index (χ0) is 28.7. The van der Waals surface area contributed by atoms with E-state index in [1.54, 1.807) is 11.0 Å². The molecular formula is C32H47F2N3O. The average molecular weight is 528 g/mol. The van der Waals surface area contributed by atoms with Gasteiger partial charge in [0.15, 0.2) is 0 Å². The number of para-hydroxylation sites is 1. The van der Waals surface area contributed by atoms with Gasteiger partial charge in [-0.2, -0.15) is 5.26 Å². The average Bonchev–Trinajstić information content (AvgIpc) is 2.93. The molecule has 0 spiro atoms. The Kier molecular flexibility index (Phi) is 14.6. The van der Waals surface area contributed by atoms with Crippen LogP contribution in [0.25, 0.3) is 0 Å². The molecule has 2 rings (SSSR count). The summed E-state index contributed by atoms with van der Waals surface area (Å²) in [6.45, 7) is 15.4. The fourth-order valence-electron chi connectivity index (χ4n) is 4.79. The molecule has 0 bridgehead atoms. The molecule has 0 N–H and O–H groups in total. The molecule has 1 aromatic carbocycles. The Morgan fingerprint density at radius 3 is 2.50 bits per heavy atom. The highest BCUT2D eigenvalue weighted by molar-refractivity contribution is 5.77. The summed E-state index contributed by atoms with van der Waals surface area (Å²) in [6, 6.07) is 9.97. The minimum absolute atomic E-state index is 0.0475. The summed E-state index contributed by atoms with van der Waals surface area (Å²) in [6.07, 6.45) is 8.70. The van der Waals surface area contributed by atoms with E-state index in [1.165, 1.54) is 0 Å². The van der Waals surface area contributed by atoms with Gasteiger partial charge in [0, 0.05) is 49.4 Å². The molecule has 1 amide bonds. The van der Waals surface area contributed by atoms with Gasteiger partial charge in [0.2, 0.25) is 6.41 Å². The van der Waals surface area contributed by atoms with Crippen LogP contribution in [0, 0.1) is 23.2 Å². The molecule has 1 aromatic rings. The van der Waals surface area contributed by atoms with Crippen molar-refractivity contribution < 1.29 is 13.6 Å². The second-order valence-corrected chi connectivity index (χ2v) is 10.1. The van der Waals surface area contributed by atoms with Gasteiger partial charge in [0.05, 0.1) is 6.07 Å². The lowest BCUT2D eigenvalue weighted by Gasteiger charge is -2.37. The largest absolute Gasteiger partial charge is 0.375 e. The number of benzene rings is 1. The number of halogens is 2. The molecule has 2 atom stereocenters. The van der Waals surface area contributed by atoms with Crippen molar-refractivity contribution in [3.63, 3.8) is 0 Å². The third-order valence-electron chi connectivity index (χ3n) is 7.47. The molecular weight excluding hydrogens is 480 g/mol. The number of amides is 1. The lowest BCUT2D eigenvalue weighted by Crippen LogP contribution is -2.39. The van der Waals surface area contributed by atoms with Gasteiger partial charge in [-0.25, -0.2) is 8.78 Å². The highest BCUT2D eigenvalue weighted by Crippen LogP contribution is 2.44. The Bertz CT molecular complexity index is 993. The van der Waals surface area contributed by atoms with Crippen molar-refractivity contribution in [1.29, 1.82) is 5.26 Å². The molecule has 0 aromatic heterocycles. The predicted molar refractivity (Wildman–Crippen MR) is 155 cm³/mol. The second kappa shape index (κ2) is 16.8. The van der Waals surface area contributed by atoms with Crippen LogP contribution in [0.1, 0.15) is 78.7 Å². The molecule has 210 valence electrons. The number of carbonyl (C=O) groups excluding carboxylic acids is 1. The quantitative estimate of drug-likeness (QED) is 0.156. The normalized spacial score (nSPS) is 19.0. The summed E-state index contributed by atoms with van der Waals surface area (Å²) in [5.74, 6) is -2.92. The highest BCUT2D eigenvalue weighted by atomic mass is 19.3. The topological polar surface area (TPSA) is 47.3 Å². The number of nitrogens with zero attached hydrogens (tertiary/aromatic N) is 3. The number of hydrogen-bond acceptors (Lipinski definition) is 3. The van der Waals surface area contributed by atoms with Crippen LogP contribution < -0.4 is 4.90 Å². The maximum atomic E-state index is 14.1. The smallest absolute Gasteiger partial charge is 0.250 e. The number of likely N-dealkylation sites (N-methyl/N-ethyl adjacent to an activating group) is 1. The Morgan fingerprint density at radius 1 is 1.26 bits per heavy atom. The zero-order valence-electron chi connectivity index (χ0n) is 24.3. The van der Waals surface area contributed by atoms with Gasteiger partial charge in [-0.15, -0.1) is 0 Å². The van der Waals surface area contributed by atoms with E-state index >= 15 is 0 Å². The minimum Gasteiger partial charge on any atom is -0.375 e. The van der Waals surface area contributed by atoms with E-state index in [-0.39, 0.29) is 12.3 Å². The maximum Gasteiger partial charge on any atom is 0.250 e. The Hall–Kier alpha value is -2.94. The van der Waals surface area contributed by atoms with Gasteiger partial charge in [0.25, 0.3) is 5.92 Å². The Balaban J connectivity index is 0.000000442. The van der Waals surface area contributed by atoms with Gasteiger partial charge in [-0.05, 0) is 75.7 Å². The van der Waals surface area contributed by atoms with Crippen molar-refractivity contribution in [2.45, 2.75) is 85.5 Å². The molecule has 1 saturated carbocycles. The molecule has 0 radical (unpaired) electrons. The van der Waals surface area contributed by atoms with Crippen molar-refractivity contribution in [3.8, 4) is 6.07 Å². The SMILES string of the molecule is C=C(/C(C)=C\C(C#N)=C/C)N(C)CC.CCCCC1CC(CN(C=O)c2ccccc2CC)CCC1(F)F. The number of carbonyl (C=O) groups is 1. The number of aryl methyl sites for hydroxylation is 1. The first-order valence-corrected chi connectivity index (χ1v) is 13.9. The van der Waals surface area contributed by atoms with Crippen LogP contribution in [0.4, 0.5) is 14.5 Å². The minimum atomic E-state index is -2.54. The molecule has 0 heterocycles. The van der Waals surface area contributed by atoms with E-state index in [1.807, 2.05) is 58.2 Å². The standard InChI is InChI=1S/C20H29F2NO.C12H18N2/c1-3-5-9-18-13-16(11-12-20(18,21)22)14-23(15-24)19-10-7-6-8-17(19)4-2;1-6-12(9-13)8-10(3)11(4)14(5)7-2/h6-8,10,15-16,18H,3-5,9,11-14H2,1-2H3;6,8H,4,7H2,1-3,5H3/b;10-8-,12-6+. The highest BCUT2D eigenvalue weighted by Gasteiger charge is 2.44. The van der Waals surface area contributed by atoms with Crippen LogP contribution in [0.15, 0.2) is 59.8 Å². The fourth-order valence-corrected chi connectivity index (χ4v) is 4.79. The third kappa shape index (κ3) is 10.1. The lowest BCUT2D eigenvalue weighted by molar-refractivity contribution is -0.108. The fraction of sp³-hybridized carbons (Fsp3) is 0.562. The van der Waals surface area contributed by atoms with Crippen molar-refractivity contribution in [2.24, 2.45) is 11.8 Å². The van der Waals surface area contributed by atoms with Gasteiger partial charge < -0.3 is 9.80 Å². The van der Waals surface area contributed by atoms with Crippen LogP contribution in [0.3, 0.4) is 0 Å². The van der Waals surface area contributed by atoms with Gasteiger partial charge in [-0.3, -0.25) is 4.79 Å². The summed E-state index contributed by atoms with van der Waals surface area (Å²) >= 11 is 0. The molecule has 2 unspecified atom stereocenters. The third-order valence-corrected chi connectivity index (χ3v) is 7.47. The summed E-state index contributed by atoms with van der Waals surface area (Å²) < 4.78 is 28.3. The summed E-state index contributed by atoms with van der Waals surface area (Å²) in [4.78, 5) is 15.4. The van der Waals surface area contributed by atoms with Crippen LogP contribution in [0.2, 0.25) is 0 Å². The van der Waals surface area contributed by atoms with Gasteiger partial charge in [-0.1, -0.05) is 57.5 Å². The van der Waals surface area contributed by atoms with Gasteiger partial charge in [0.1, 0.15) is 0 Å². The second-order valence-electron chi connectivity index (χ2n) is 10.1.